The van der Waals surface area contributed by atoms with Gasteiger partial charge in [0.15, 0.2) is 0 Å². The standard InChI is InChI=1S/C10H12ClFN2O4S/c1-14(5-4-10(15)16)19(17,18)13-7-2-3-9(12)8(11)6-7/h2-3,6,13H,4-5H2,1H3,(H,15,16). The molecular weight excluding hydrogens is 299 g/mol. The van der Waals surface area contributed by atoms with Crippen LogP contribution in [0.15, 0.2) is 18.2 Å². The van der Waals surface area contributed by atoms with Crippen molar-refractivity contribution in [2.45, 2.75) is 6.42 Å². The van der Waals surface area contributed by atoms with Crippen LogP contribution in [-0.2, 0) is 15.0 Å². The van der Waals surface area contributed by atoms with Crippen LogP contribution in [0.4, 0.5) is 10.1 Å². The summed E-state index contributed by atoms with van der Waals surface area (Å²) in [6.45, 7) is -0.181. The van der Waals surface area contributed by atoms with Gasteiger partial charge in [0.1, 0.15) is 5.82 Å². The molecule has 0 aliphatic carbocycles. The van der Waals surface area contributed by atoms with Crippen molar-refractivity contribution < 1.29 is 22.7 Å². The van der Waals surface area contributed by atoms with E-state index in [1.807, 2.05) is 0 Å². The summed E-state index contributed by atoms with van der Waals surface area (Å²) in [5, 5.41) is 8.27. The Hall–Kier alpha value is -1.38. The van der Waals surface area contributed by atoms with Crippen molar-refractivity contribution in [1.29, 1.82) is 0 Å². The fraction of sp³-hybridized carbons (Fsp3) is 0.300. The average molecular weight is 311 g/mol. The van der Waals surface area contributed by atoms with Gasteiger partial charge in [0.2, 0.25) is 0 Å². The Balaban J connectivity index is 2.78. The minimum absolute atomic E-state index is 0.0913. The first kappa shape index (κ1) is 15.7. The first-order valence-electron chi connectivity index (χ1n) is 5.13. The Kier molecular flexibility index (Phi) is 5.10. The van der Waals surface area contributed by atoms with Crippen LogP contribution in [0.3, 0.4) is 0 Å². The summed E-state index contributed by atoms with van der Waals surface area (Å²) in [7, 11) is -2.67. The van der Waals surface area contributed by atoms with Gasteiger partial charge in [0.25, 0.3) is 0 Å². The molecule has 0 radical (unpaired) electrons. The second-order valence-corrected chi connectivity index (χ2v) is 5.89. The van der Waals surface area contributed by atoms with E-state index >= 15 is 0 Å². The van der Waals surface area contributed by atoms with E-state index in [9.17, 15) is 17.6 Å². The van der Waals surface area contributed by atoms with Crippen LogP contribution in [0.25, 0.3) is 0 Å². The Morgan fingerprint density at radius 1 is 1.53 bits per heavy atom. The molecule has 0 aromatic heterocycles. The highest BCUT2D eigenvalue weighted by Gasteiger charge is 2.18. The molecule has 0 heterocycles. The molecule has 0 unspecified atom stereocenters. The highest BCUT2D eigenvalue weighted by molar-refractivity contribution is 7.90. The zero-order valence-electron chi connectivity index (χ0n) is 9.93. The SMILES string of the molecule is CN(CCC(=O)O)S(=O)(=O)Nc1ccc(F)c(Cl)c1. The molecule has 0 saturated heterocycles. The van der Waals surface area contributed by atoms with Crippen LogP contribution in [0, 0.1) is 5.82 Å². The number of hydrogen-bond donors (Lipinski definition) is 2. The summed E-state index contributed by atoms with van der Waals surface area (Å²) >= 11 is 5.52. The second-order valence-electron chi connectivity index (χ2n) is 3.70. The predicted octanol–water partition coefficient (Wildman–Crippen LogP) is 1.54. The highest BCUT2D eigenvalue weighted by atomic mass is 35.5. The van der Waals surface area contributed by atoms with Crippen LogP contribution in [0.1, 0.15) is 6.42 Å². The third-order valence-corrected chi connectivity index (χ3v) is 4.00. The monoisotopic (exact) mass is 310 g/mol. The largest absolute Gasteiger partial charge is 0.481 e. The molecule has 0 spiro atoms. The smallest absolute Gasteiger partial charge is 0.304 e. The van der Waals surface area contributed by atoms with Crippen LogP contribution in [0.5, 0.6) is 0 Å². The summed E-state index contributed by atoms with van der Waals surface area (Å²) in [4.78, 5) is 10.4. The molecule has 106 valence electrons. The summed E-state index contributed by atoms with van der Waals surface area (Å²) in [5.41, 5.74) is 0.0913. The Morgan fingerprint density at radius 2 is 2.16 bits per heavy atom. The van der Waals surface area contributed by atoms with Gasteiger partial charge in [0, 0.05) is 13.6 Å². The lowest BCUT2D eigenvalue weighted by Crippen LogP contribution is -2.34. The van der Waals surface area contributed by atoms with Gasteiger partial charge in [-0.15, -0.1) is 0 Å². The minimum atomic E-state index is -3.90. The summed E-state index contributed by atoms with van der Waals surface area (Å²) in [6.07, 6.45) is -0.318. The van der Waals surface area contributed by atoms with Crippen molar-refractivity contribution in [3.8, 4) is 0 Å². The van der Waals surface area contributed by atoms with Crippen molar-refractivity contribution in [3.05, 3.63) is 29.0 Å². The van der Waals surface area contributed by atoms with E-state index in [0.717, 1.165) is 16.4 Å². The Bertz CT molecular complexity index is 579. The number of rotatable bonds is 6. The van der Waals surface area contributed by atoms with Crippen molar-refractivity contribution in [2.75, 3.05) is 18.3 Å². The maximum absolute atomic E-state index is 12.9. The summed E-state index contributed by atoms with van der Waals surface area (Å²) in [6, 6.07) is 3.36. The third kappa shape index (κ3) is 4.66. The average Bonchev–Trinajstić information content (AvgIpc) is 2.30. The van der Waals surface area contributed by atoms with Crippen LogP contribution in [0.2, 0.25) is 5.02 Å². The van der Waals surface area contributed by atoms with E-state index in [-0.39, 0.29) is 23.7 Å². The van der Waals surface area contributed by atoms with Crippen molar-refractivity contribution in [1.82, 2.24) is 4.31 Å². The van der Waals surface area contributed by atoms with Gasteiger partial charge in [0.05, 0.1) is 17.1 Å². The van der Waals surface area contributed by atoms with E-state index in [2.05, 4.69) is 4.72 Å². The highest BCUT2D eigenvalue weighted by Crippen LogP contribution is 2.20. The molecule has 6 nitrogen and oxygen atoms in total. The lowest BCUT2D eigenvalue weighted by Gasteiger charge is -2.17. The zero-order chi connectivity index (χ0) is 14.6. The molecule has 0 aliphatic heterocycles. The molecule has 0 aliphatic rings. The molecule has 0 amide bonds. The van der Waals surface area contributed by atoms with E-state index in [0.29, 0.717) is 0 Å². The van der Waals surface area contributed by atoms with Gasteiger partial charge in [-0.05, 0) is 18.2 Å². The van der Waals surface area contributed by atoms with E-state index in [1.165, 1.54) is 13.1 Å². The second kappa shape index (κ2) is 6.18. The van der Waals surface area contributed by atoms with Gasteiger partial charge in [-0.3, -0.25) is 9.52 Å². The maximum Gasteiger partial charge on any atom is 0.304 e. The third-order valence-electron chi connectivity index (χ3n) is 2.22. The fourth-order valence-corrected chi connectivity index (χ4v) is 2.25. The zero-order valence-corrected chi connectivity index (χ0v) is 11.5. The van der Waals surface area contributed by atoms with Crippen LogP contribution < -0.4 is 4.72 Å². The molecule has 19 heavy (non-hydrogen) atoms. The number of carboxylic acid groups (broad SMARTS) is 1. The Labute approximate surface area is 115 Å². The molecule has 0 bridgehead atoms. The predicted molar refractivity (Wildman–Crippen MR) is 68.8 cm³/mol. The number of anilines is 1. The fourth-order valence-electron chi connectivity index (χ4n) is 1.16. The quantitative estimate of drug-likeness (QED) is 0.834. The Morgan fingerprint density at radius 3 is 2.68 bits per heavy atom. The molecule has 1 aromatic carbocycles. The molecule has 0 atom stereocenters. The van der Waals surface area contributed by atoms with Gasteiger partial charge in [-0.25, -0.2) is 4.39 Å². The lowest BCUT2D eigenvalue weighted by atomic mass is 10.3. The number of nitrogens with zero attached hydrogens (tertiary/aromatic N) is 1. The van der Waals surface area contributed by atoms with Crippen LogP contribution >= 0.6 is 11.6 Å². The molecule has 2 N–H and O–H groups in total. The number of aliphatic carboxylic acids is 1. The minimum Gasteiger partial charge on any atom is -0.481 e. The lowest BCUT2D eigenvalue weighted by molar-refractivity contribution is -0.137. The molecular formula is C10H12ClFN2O4S. The van der Waals surface area contributed by atoms with Crippen molar-refractivity contribution >= 4 is 33.5 Å². The van der Waals surface area contributed by atoms with Gasteiger partial charge in [-0.2, -0.15) is 12.7 Å². The molecule has 0 saturated carbocycles. The van der Waals surface area contributed by atoms with Crippen molar-refractivity contribution in [3.63, 3.8) is 0 Å². The van der Waals surface area contributed by atoms with Gasteiger partial charge in [-0.1, -0.05) is 11.6 Å². The van der Waals surface area contributed by atoms with E-state index in [1.54, 1.807) is 0 Å². The summed E-state index contributed by atoms with van der Waals surface area (Å²) < 4.78 is 39.5. The molecule has 9 heteroatoms. The first-order valence-corrected chi connectivity index (χ1v) is 6.95. The number of benzene rings is 1. The normalized spacial score (nSPS) is 11.6. The molecule has 1 aromatic rings. The topological polar surface area (TPSA) is 86.7 Å². The number of carboxylic acids is 1. The maximum atomic E-state index is 12.9. The number of hydrogen-bond acceptors (Lipinski definition) is 3. The number of halogens is 2. The number of nitrogens with one attached hydrogen (secondary N) is 1. The molecule has 1 rings (SSSR count). The van der Waals surface area contributed by atoms with E-state index < -0.39 is 22.0 Å². The van der Waals surface area contributed by atoms with Gasteiger partial charge < -0.3 is 5.11 Å². The van der Waals surface area contributed by atoms with Crippen LogP contribution in [-0.4, -0.2) is 37.4 Å². The summed E-state index contributed by atoms with van der Waals surface area (Å²) in [5.74, 6) is -1.77. The van der Waals surface area contributed by atoms with Gasteiger partial charge >= 0.3 is 16.2 Å². The molecule has 0 fully saturated rings. The number of carbonyl (C=O) groups is 1. The first-order chi connectivity index (χ1) is 8.72. The van der Waals surface area contributed by atoms with E-state index in [4.69, 9.17) is 16.7 Å². The van der Waals surface area contributed by atoms with Crippen molar-refractivity contribution in [2.24, 2.45) is 0 Å².